The van der Waals surface area contributed by atoms with Crippen molar-refractivity contribution in [1.82, 2.24) is 14.9 Å². The number of thiazole rings is 1. The van der Waals surface area contributed by atoms with E-state index in [0.29, 0.717) is 18.1 Å². The number of aromatic nitrogens is 2. The molecule has 3 N–H and O–H groups in total. The van der Waals surface area contributed by atoms with E-state index >= 15 is 0 Å². The molecule has 27 heavy (non-hydrogen) atoms. The lowest BCUT2D eigenvalue weighted by molar-refractivity contribution is -0.121. The van der Waals surface area contributed by atoms with Crippen LogP contribution in [0, 0.1) is 6.92 Å². The number of anilines is 1. The van der Waals surface area contributed by atoms with E-state index in [1.165, 1.54) is 16.2 Å². The van der Waals surface area contributed by atoms with Gasteiger partial charge in [0.1, 0.15) is 6.04 Å². The molecule has 2 aromatic heterocycles. The molecule has 0 aromatic carbocycles. The van der Waals surface area contributed by atoms with Crippen molar-refractivity contribution in [3.63, 3.8) is 0 Å². The predicted molar refractivity (Wildman–Crippen MR) is 107 cm³/mol. The molecule has 0 radical (unpaired) electrons. The first-order valence-corrected chi connectivity index (χ1v) is 9.80. The summed E-state index contributed by atoms with van der Waals surface area (Å²) in [7, 11) is 0. The van der Waals surface area contributed by atoms with Crippen LogP contribution >= 0.6 is 11.3 Å². The Morgan fingerprint density at radius 3 is 2.85 bits per heavy atom. The zero-order valence-corrected chi connectivity index (χ0v) is 16.9. The van der Waals surface area contributed by atoms with Crippen molar-refractivity contribution < 1.29 is 9.59 Å². The molecule has 0 bridgehead atoms. The topological polar surface area (TPSA) is 101 Å². The van der Waals surface area contributed by atoms with Crippen LogP contribution in [0.15, 0.2) is 18.3 Å². The highest BCUT2D eigenvalue weighted by Gasteiger charge is 2.33. The quantitative estimate of drug-likeness (QED) is 0.787. The molecule has 144 valence electrons. The number of pyridine rings is 1. The van der Waals surface area contributed by atoms with Gasteiger partial charge in [0.2, 0.25) is 5.91 Å². The van der Waals surface area contributed by atoms with Gasteiger partial charge in [-0.15, -0.1) is 0 Å². The zero-order valence-electron chi connectivity index (χ0n) is 16.1. The molecule has 7 nitrogen and oxygen atoms in total. The molecular weight excluding hydrogens is 364 g/mol. The molecule has 1 aliphatic heterocycles. The van der Waals surface area contributed by atoms with Gasteiger partial charge >= 0.3 is 6.03 Å². The summed E-state index contributed by atoms with van der Waals surface area (Å²) in [5.74, 6) is -0.467. The standard InChI is InChI=1S/C19H25N5O2S/c1-11-15(12-7-8-21-14(10-12)19(2,3)4)27-17(22-11)23-18(26)24-9-5-6-13(24)16(20)25/h7-8,10,13H,5-6,9H2,1-4H3,(H2,20,25)(H,22,23,26)/t13-/m0/s1/i25+2. The first kappa shape index (κ1) is 19.3. The van der Waals surface area contributed by atoms with Crippen LogP contribution in [0.5, 0.6) is 0 Å². The number of primary amides is 1. The van der Waals surface area contributed by atoms with Crippen LogP contribution in [-0.4, -0.2) is 39.4 Å². The molecule has 0 aliphatic carbocycles. The lowest BCUT2D eigenvalue weighted by Crippen LogP contribution is -2.45. The Bertz CT molecular complexity index is 871. The highest BCUT2D eigenvalue weighted by molar-refractivity contribution is 7.19. The number of urea groups is 1. The summed E-state index contributed by atoms with van der Waals surface area (Å²) in [6, 6.07) is 3.14. The van der Waals surface area contributed by atoms with Gasteiger partial charge in [0.15, 0.2) is 5.13 Å². The summed E-state index contributed by atoms with van der Waals surface area (Å²) in [6.45, 7) is 8.80. The fourth-order valence-electron chi connectivity index (χ4n) is 3.17. The number of carbonyl (C=O) groups excluding carboxylic acids is 2. The van der Waals surface area contributed by atoms with Crippen LogP contribution in [0.1, 0.15) is 45.0 Å². The third-order valence-electron chi connectivity index (χ3n) is 4.64. The van der Waals surface area contributed by atoms with Crippen molar-refractivity contribution in [2.45, 2.75) is 52.0 Å². The second kappa shape index (κ2) is 7.26. The van der Waals surface area contributed by atoms with Gasteiger partial charge in [0, 0.05) is 23.9 Å². The SMILES string of the molecule is Cc1nc(NC(=O)N2CCC[C@H]2C(N)=[18O])sc1-c1ccnc(C(C)(C)C)c1. The van der Waals surface area contributed by atoms with Crippen molar-refractivity contribution in [2.75, 3.05) is 11.9 Å². The summed E-state index contributed by atoms with van der Waals surface area (Å²) in [6.07, 6.45) is 3.18. The lowest BCUT2D eigenvalue weighted by Gasteiger charge is -2.21. The number of likely N-dealkylation sites (tertiary alicyclic amines) is 1. The number of nitrogens with one attached hydrogen (secondary N) is 1. The Labute approximate surface area is 163 Å². The normalized spacial score (nSPS) is 17.2. The van der Waals surface area contributed by atoms with E-state index in [4.69, 9.17) is 5.73 Å². The third-order valence-corrected chi connectivity index (χ3v) is 5.77. The maximum Gasteiger partial charge on any atom is 0.324 e. The minimum atomic E-state index is -0.542. The molecule has 0 saturated carbocycles. The molecule has 0 spiro atoms. The number of amides is 3. The molecule has 1 fully saturated rings. The first-order valence-electron chi connectivity index (χ1n) is 8.98. The zero-order chi connectivity index (χ0) is 19.8. The van der Waals surface area contributed by atoms with Crippen molar-refractivity contribution in [2.24, 2.45) is 5.73 Å². The lowest BCUT2D eigenvalue weighted by atomic mass is 9.90. The smallest absolute Gasteiger partial charge is 0.324 e. The van der Waals surface area contributed by atoms with Gasteiger partial charge in [-0.25, -0.2) is 9.78 Å². The summed E-state index contributed by atoms with van der Waals surface area (Å²) in [5, 5.41) is 3.33. The maximum atomic E-state index is 12.5. The van der Waals surface area contributed by atoms with Crippen LogP contribution in [0.2, 0.25) is 0 Å². The van der Waals surface area contributed by atoms with E-state index in [-0.39, 0.29) is 11.4 Å². The van der Waals surface area contributed by atoms with E-state index in [2.05, 4.69) is 42.1 Å². The average Bonchev–Trinajstić information content (AvgIpc) is 3.21. The largest absolute Gasteiger partial charge is 0.368 e. The molecule has 3 amide bonds. The van der Waals surface area contributed by atoms with Crippen molar-refractivity contribution >= 4 is 28.4 Å². The molecule has 3 rings (SSSR count). The van der Waals surface area contributed by atoms with E-state index in [0.717, 1.165) is 28.2 Å². The molecule has 2 aromatic rings. The summed E-state index contributed by atoms with van der Waals surface area (Å²) >= 11 is 1.41. The van der Waals surface area contributed by atoms with E-state index in [1.54, 1.807) is 6.20 Å². The molecular formula is C19H25N5O2S. The Kier molecular flexibility index (Phi) is 5.19. The number of nitrogens with zero attached hydrogens (tertiary/aromatic N) is 3. The number of carbonyl (C=O) groups is 2. The Hall–Kier alpha value is -2.48. The van der Waals surface area contributed by atoms with Gasteiger partial charge in [-0.1, -0.05) is 32.1 Å². The molecule has 1 saturated heterocycles. The predicted octanol–water partition coefficient (Wildman–Crippen LogP) is 3.29. The number of nitrogens with two attached hydrogens (primary N) is 1. The van der Waals surface area contributed by atoms with Gasteiger partial charge in [-0.05, 0) is 37.5 Å². The second-order valence-electron chi connectivity index (χ2n) is 7.80. The minimum absolute atomic E-state index is 0.0504. The van der Waals surface area contributed by atoms with Gasteiger partial charge < -0.3 is 10.6 Å². The molecule has 0 unspecified atom stereocenters. The van der Waals surface area contributed by atoms with Crippen LogP contribution in [-0.2, 0) is 10.2 Å². The van der Waals surface area contributed by atoms with Crippen molar-refractivity contribution in [3.05, 3.63) is 29.7 Å². The monoisotopic (exact) mass is 389 g/mol. The van der Waals surface area contributed by atoms with Crippen molar-refractivity contribution in [3.8, 4) is 10.4 Å². The van der Waals surface area contributed by atoms with E-state index < -0.39 is 11.9 Å². The molecule has 1 aliphatic rings. The maximum absolute atomic E-state index is 12.5. The Morgan fingerprint density at radius 1 is 1.44 bits per heavy atom. The highest BCUT2D eigenvalue weighted by atomic mass is 32.1. The van der Waals surface area contributed by atoms with Gasteiger partial charge in [0.05, 0.1) is 10.6 Å². The van der Waals surface area contributed by atoms with E-state index in [1.807, 2.05) is 13.0 Å². The fraction of sp³-hybridized carbons (Fsp3) is 0.474. The molecule has 3 heterocycles. The van der Waals surface area contributed by atoms with Crippen LogP contribution in [0.25, 0.3) is 10.4 Å². The average molecular weight is 390 g/mol. The van der Waals surface area contributed by atoms with Crippen LogP contribution in [0.3, 0.4) is 0 Å². The summed E-state index contributed by atoms with van der Waals surface area (Å²) in [4.78, 5) is 35.5. The number of aryl methyl sites for hydroxylation is 1. The summed E-state index contributed by atoms with van der Waals surface area (Å²) < 4.78 is 0. The van der Waals surface area contributed by atoms with Gasteiger partial charge in [0.25, 0.3) is 0 Å². The third kappa shape index (κ3) is 4.10. The number of hydrogen-bond donors (Lipinski definition) is 2. The minimum Gasteiger partial charge on any atom is -0.368 e. The fourth-order valence-corrected chi connectivity index (χ4v) is 4.12. The van der Waals surface area contributed by atoms with E-state index in [9.17, 15) is 9.59 Å². The first-order chi connectivity index (χ1) is 12.7. The number of rotatable bonds is 3. The Balaban J connectivity index is 1.81. The van der Waals surface area contributed by atoms with Crippen LogP contribution in [0.4, 0.5) is 9.93 Å². The van der Waals surface area contributed by atoms with Gasteiger partial charge in [-0.2, -0.15) is 0 Å². The summed E-state index contributed by atoms with van der Waals surface area (Å²) in [5.41, 5.74) is 8.21. The van der Waals surface area contributed by atoms with Crippen molar-refractivity contribution in [1.29, 1.82) is 0 Å². The molecule has 1 atom stereocenters. The van der Waals surface area contributed by atoms with Gasteiger partial charge in [-0.3, -0.25) is 15.1 Å². The second-order valence-corrected chi connectivity index (χ2v) is 8.80. The Morgan fingerprint density at radius 2 is 2.19 bits per heavy atom. The molecule has 8 heteroatoms. The van der Waals surface area contributed by atoms with Crippen LogP contribution < -0.4 is 11.1 Å². The number of hydrogen-bond acceptors (Lipinski definition) is 5. The highest BCUT2D eigenvalue weighted by Crippen LogP contribution is 2.34.